The number of nitrogens with zero attached hydrogens (tertiary/aromatic N) is 1. The highest BCUT2D eigenvalue weighted by Gasteiger charge is 2.52. The lowest BCUT2D eigenvalue weighted by molar-refractivity contribution is 0.00578. The van der Waals surface area contributed by atoms with E-state index >= 15 is 0 Å². The zero-order chi connectivity index (χ0) is 15.8. The molecule has 1 aliphatic heterocycles. The fourth-order valence-electron chi connectivity index (χ4n) is 1.92. The minimum atomic E-state index is -0.702. The van der Waals surface area contributed by atoms with E-state index in [1.165, 1.54) is 12.3 Å². The molecule has 1 aromatic heterocycles. The van der Waals surface area contributed by atoms with Gasteiger partial charge < -0.3 is 14.4 Å². The lowest BCUT2D eigenvalue weighted by atomic mass is 9.77. The van der Waals surface area contributed by atoms with E-state index in [0.717, 1.165) is 0 Å². The average Bonchev–Trinajstić information content (AvgIpc) is 2.59. The van der Waals surface area contributed by atoms with Crippen molar-refractivity contribution in [2.45, 2.75) is 38.9 Å². The smallest absolute Gasteiger partial charge is 0.400 e. The highest BCUT2D eigenvalue weighted by Crippen LogP contribution is 2.38. The summed E-state index contributed by atoms with van der Waals surface area (Å²) >= 11 is 5.98. The van der Waals surface area contributed by atoms with E-state index in [-0.39, 0.29) is 6.61 Å². The lowest BCUT2D eigenvalue weighted by Gasteiger charge is -2.32. The third-order valence-corrected chi connectivity index (χ3v) is 4.25. The number of aromatic nitrogens is 1. The monoisotopic (exact) mass is 313 g/mol. The summed E-state index contributed by atoms with van der Waals surface area (Å²) in [5, 5.41) is 9.86. The molecular formula is C14H18BClFNO3. The van der Waals surface area contributed by atoms with Gasteiger partial charge in [-0.25, -0.2) is 4.98 Å². The summed E-state index contributed by atoms with van der Waals surface area (Å²) in [6.07, 6.45) is 2.79. The molecule has 2 heterocycles. The number of pyridine rings is 1. The molecule has 1 fully saturated rings. The van der Waals surface area contributed by atoms with E-state index in [9.17, 15) is 9.50 Å². The van der Waals surface area contributed by atoms with E-state index < -0.39 is 24.3 Å². The number of hydrogen-bond acceptors (Lipinski definition) is 4. The Morgan fingerprint density at radius 2 is 1.95 bits per heavy atom. The second kappa shape index (κ2) is 5.68. The van der Waals surface area contributed by atoms with Crippen LogP contribution < -0.4 is 0 Å². The number of aliphatic hydroxyl groups excluding tert-OH is 1. The van der Waals surface area contributed by atoms with E-state index in [2.05, 4.69) is 4.98 Å². The maximum atomic E-state index is 13.2. The molecule has 21 heavy (non-hydrogen) atoms. The zero-order valence-electron chi connectivity index (χ0n) is 12.5. The van der Waals surface area contributed by atoms with Gasteiger partial charge in [0.15, 0.2) is 0 Å². The van der Waals surface area contributed by atoms with Crippen LogP contribution in [0.15, 0.2) is 17.7 Å². The molecule has 0 radical (unpaired) electrons. The van der Waals surface area contributed by atoms with Crippen molar-refractivity contribution < 1.29 is 18.8 Å². The summed E-state index contributed by atoms with van der Waals surface area (Å²) in [5.74, 6) is -0.642. The molecular weight excluding hydrogens is 295 g/mol. The maximum Gasteiger partial charge on any atom is 0.492 e. The van der Waals surface area contributed by atoms with Gasteiger partial charge >= 0.3 is 7.12 Å². The molecule has 7 heteroatoms. The normalized spacial score (nSPS) is 20.9. The van der Waals surface area contributed by atoms with Crippen LogP contribution in [0.25, 0.3) is 6.08 Å². The first-order chi connectivity index (χ1) is 9.66. The van der Waals surface area contributed by atoms with Crippen LogP contribution in [0.2, 0.25) is 5.02 Å². The minimum Gasteiger partial charge on any atom is -0.400 e. The van der Waals surface area contributed by atoms with Crippen molar-refractivity contribution in [1.82, 2.24) is 4.98 Å². The summed E-state index contributed by atoms with van der Waals surface area (Å²) in [5.41, 5.74) is -0.137. The molecule has 0 atom stereocenters. The van der Waals surface area contributed by atoms with E-state index in [4.69, 9.17) is 20.9 Å². The average molecular weight is 314 g/mol. The quantitative estimate of drug-likeness (QED) is 0.688. The predicted octanol–water partition coefficient (Wildman–Crippen LogP) is 2.88. The second-order valence-corrected chi connectivity index (χ2v) is 6.40. The Kier molecular flexibility index (Phi) is 4.45. The second-order valence-electron chi connectivity index (χ2n) is 5.99. The topological polar surface area (TPSA) is 51.6 Å². The molecule has 1 aliphatic rings. The Hall–Kier alpha value is -0.945. The Balaban J connectivity index is 2.33. The third-order valence-electron chi connectivity index (χ3n) is 3.93. The van der Waals surface area contributed by atoms with Crippen molar-refractivity contribution >= 4 is 24.8 Å². The molecule has 2 rings (SSSR count). The summed E-state index contributed by atoms with van der Waals surface area (Å²) < 4.78 is 24.9. The van der Waals surface area contributed by atoms with Gasteiger partial charge in [-0.15, -0.1) is 0 Å². The van der Waals surface area contributed by atoms with Crippen molar-refractivity contribution in [2.75, 3.05) is 6.61 Å². The van der Waals surface area contributed by atoms with Crippen LogP contribution in [0, 0.1) is 5.95 Å². The van der Waals surface area contributed by atoms with Crippen molar-refractivity contribution in [2.24, 2.45) is 0 Å². The van der Waals surface area contributed by atoms with Crippen LogP contribution in [0.5, 0.6) is 0 Å². The van der Waals surface area contributed by atoms with Gasteiger partial charge in [0.1, 0.15) is 0 Å². The van der Waals surface area contributed by atoms with Crippen molar-refractivity contribution in [1.29, 1.82) is 0 Å². The van der Waals surface area contributed by atoms with Gasteiger partial charge in [-0.3, -0.25) is 0 Å². The Morgan fingerprint density at radius 3 is 2.48 bits per heavy atom. The molecule has 1 saturated heterocycles. The van der Waals surface area contributed by atoms with Gasteiger partial charge in [-0.2, -0.15) is 4.39 Å². The molecule has 4 nitrogen and oxygen atoms in total. The van der Waals surface area contributed by atoms with Crippen LogP contribution in [0.3, 0.4) is 0 Å². The van der Waals surface area contributed by atoms with Gasteiger partial charge in [0.05, 0.1) is 22.8 Å². The standard InChI is InChI=1S/C14H18BClFNO3/c1-13(2)14(3,4)21-15(20-13)10(8-19)5-9-6-12(17)18-7-11(9)16/h5-7,19H,8H2,1-4H3. The SMILES string of the molecule is CC1(C)OB(C(=Cc2cc(F)ncc2Cl)CO)OC1(C)C. The van der Waals surface area contributed by atoms with Gasteiger partial charge in [-0.1, -0.05) is 17.7 Å². The minimum absolute atomic E-state index is 0.281. The van der Waals surface area contributed by atoms with Crippen LogP contribution >= 0.6 is 11.6 Å². The fourth-order valence-corrected chi connectivity index (χ4v) is 2.08. The van der Waals surface area contributed by atoms with Crippen molar-refractivity contribution in [3.05, 3.63) is 34.3 Å². The molecule has 0 spiro atoms. The number of hydrogen-bond donors (Lipinski definition) is 1. The van der Waals surface area contributed by atoms with Gasteiger partial charge in [0.2, 0.25) is 5.95 Å². The molecule has 0 unspecified atom stereocenters. The Morgan fingerprint density at radius 1 is 1.38 bits per heavy atom. The molecule has 0 aliphatic carbocycles. The first-order valence-electron chi connectivity index (χ1n) is 6.64. The van der Waals surface area contributed by atoms with Gasteiger partial charge in [-0.05, 0) is 38.7 Å². The Labute approximate surface area is 129 Å². The maximum absolute atomic E-state index is 13.2. The highest BCUT2D eigenvalue weighted by atomic mass is 35.5. The zero-order valence-corrected chi connectivity index (χ0v) is 13.2. The number of halogens is 2. The number of aliphatic hydroxyl groups is 1. The largest absolute Gasteiger partial charge is 0.492 e. The Bertz CT molecular complexity index is 561. The van der Waals surface area contributed by atoms with Crippen LogP contribution in [0.1, 0.15) is 33.3 Å². The predicted molar refractivity (Wildman–Crippen MR) is 80.3 cm³/mol. The molecule has 0 saturated carbocycles. The van der Waals surface area contributed by atoms with Gasteiger partial charge in [0.25, 0.3) is 0 Å². The highest BCUT2D eigenvalue weighted by molar-refractivity contribution is 6.56. The van der Waals surface area contributed by atoms with Crippen LogP contribution in [-0.4, -0.2) is 35.0 Å². The first kappa shape index (κ1) is 16.4. The van der Waals surface area contributed by atoms with E-state index in [1.54, 1.807) is 6.08 Å². The molecule has 114 valence electrons. The number of rotatable bonds is 3. The summed E-state index contributed by atoms with van der Waals surface area (Å²) in [7, 11) is -0.702. The lowest BCUT2D eigenvalue weighted by Crippen LogP contribution is -2.41. The van der Waals surface area contributed by atoms with Crippen LogP contribution in [-0.2, 0) is 9.31 Å². The first-order valence-corrected chi connectivity index (χ1v) is 7.02. The fraction of sp³-hybridized carbons (Fsp3) is 0.500. The molecule has 0 aromatic carbocycles. The molecule has 1 N–H and O–H groups in total. The summed E-state index contributed by atoms with van der Waals surface area (Å²) in [4.78, 5) is 3.46. The van der Waals surface area contributed by atoms with Gasteiger partial charge in [0, 0.05) is 12.3 Å². The molecule has 1 aromatic rings. The van der Waals surface area contributed by atoms with E-state index in [1.807, 2.05) is 27.7 Å². The summed E-state index contributed by atoms with van der Waals surface area (Å²) in [6.45, 7) is 7.39. The molecule has 0 amide bonds. The van der Waals surface area contributed by atoms with Crippen molar-refractivity contribution in [3.63, 3.8) is 0 Å². The third kappa shape index (κ3) is 3.29. The molecule has 0 bridgehead atoms. The van der Waals surface area contributed by atoms with Crippen molar-refractivity contribution in [3.8, 4) is 0 Å². The van der Waals surface area contributed by atoms with E-state index in [0.29, 0.717) is 16.1 Å². The summed E-state index contributed by atoms with van der Waals surface area (Å²) in [6, 6.07) is 1.20. The van der Waals surface area contributed by atoms with Crippen LogP contribution in [0.4, 0.5) is 4.39 Å².